The van der Waals surface area contributed by atoms with Crippen molar-refractivity contribution in [2.24, 2.45) is 11.8 Å². The molecular weight excluding hydrogens is 986 g/mol. The second-order valence-corrected chi connectivity index (χ2v) is 20.0. The molecule has 14 nitrogen and oxygen atoms in total. The number of halogens is 3. The fraction of sp³-hybridized carbons (Fsp3) is 0.246. The summed E-state index contributed by atoms with van der Waals surface area (Å²) in [5.41, 5.74) is -5.74. The fourth-order valence-corrected chi connectivity index (χ4v) is 9.78. The number of carbonyl (C=O) groups is 2. The number of imidazole rings is 1. The van der Waals surface area contributed by atoms with Crippen LogP contribution < -0.4 is 10.6 Å². The summed E-state index contributed by atoms with van der Waals surface area (Å²) in [5.74, 6) is -2.55. The minimum absolute atomic E-state index is 0.0757. The summed E-state index contributed by atoms with van der Waals surface area (Å²) in [6.45, 7) is 6.09. The highest BCUT2D eigenvalue weighted by Gasteiger charge is 2.58. The van der Waals surface area contributed by atoms with E-state index in [0.717, 1.165) is 6.33 Å². The van der Waals surface area contributed by atoms with Gasteiger partial charge in [0.15, 0.2) is 29.3 Å². The Morgan fingerprint density at radius 1 is 0.600 bits per heavy atom. The summed E-state index contributed by atoms with van der Waals surface area (Å²) in [5, 5.41) is 5.33. The summed E-state index contributed by atoms with van der Waals surface area (Å²) in [6, 6.07) is 55.0. The quantitative estimate of drug-likeness (QED) is 0.0476. The third-order valence-electron chi connectivity index (χ3n) is 12.9. The molecule has 0 radical (unpaired) electrons. The number of fused-ring (bicyclic) bond motifs is 1. The maximum absolute atomic E-state index is 15.0. The van der Waals surface area contributed by atoms with Gasteiger partial charge in [-0.2, -0.15) is 31.6 Å². The Kier molecular flexibility index (Phi) is 15.1. The number of anilines is 2. The molecule has 4 atom stereocenters. The van der Waals surface area contributed by atoms with Gasteiger partial charge in [-0.3, -0.25) is 23.7 Å². The lowest BCUT2D eigenvalue weighted by molar-refractivity contribution is -0.131. The normalized spacial score (nSPS) is 17.3. The molecular formula is C57H53F3N6O8S. The van der Waals surface area contributed by atoms with Gasteiger partial charge in [-0.15, -0.1) is 0 Å². The topological polar surface area (TPSA) is 173 Å². The summed E-state index contributed by atoms with van der Waals surface area (Å²) >= 11 is 0. The molecule has 2 amide bonds. The molecule has 0 spiro atoms. The van der Waals surface area contributed by atoms with Crippen LogP contribution in [0.15, 0.2) is 188 Å². The van der Waals surface area contributed by atoms with E-state index < -0.39 is 81.6 Å². The number of hydrogen-bond donors (Lipinski definition) is 2. The number of alkyl halides is 3. The fourth-order valence-electron chi connectivity index (χ4n) is 9.18. The minimum atomic E-state index is -6.49. The van der Waals surface area contributed by atoms with Crippen LogP contribution >= 0.6 is 0 Å². The van der Waals surface area contributed by atoms with Gasteiger partial charge in [-0.05, 0) is 33.4 Å². The number of aromatic nitrogens is 4. The average Bonchev–Trinajstić information content (AvgIpc) is 4.00. The second-order valence-electron chi connectivity index (χ2n) is 18.5. The van der Waals surface area contributed by atoms with Crippen molar-refractivity contribution >= 4 is 44.9 Å². The van der Waals surface area contributed by atoms with Gasteiger partial charge in [0, 0.05) is 11.8 Å². The van der Waals surface area contributed by atoms with Gasteiger partial charge < -0.3 is 19.5 Å². The van der Waals surface area contributed by atoms with Crippen LogP contribution in [0.5, 0.6) is 0 Å². The number of amides is 2. The predicted octanol–water partition coefficient (Wildman–Crippen LogP) is 10.5. The molecule has 0 aliphatic carbocycles. The van der Waals surface area contributed by atoms with Crippen molar-refractivity contribution in [2.45, 2.75) is 68.9 Å². The SMILES string of the molecule is CC(C)C(=O)Nc1nc(NC(=O)C(C)C)c2ncn([C@@H]3O[C@H](COC(c4ccccc4)(c4ccccc4)c4ccccc4)[C@@H](OC(c4ccccc4)(c4ccccc4)c4ccccc4)[C@H]3OS(=O)(=O)C(F)(F)F)c2n1. The largest absolute Gasteiger partial charge is 0.523 e. The molecule has 2 aromatic heterocycles. The summed E-state index contributed by atoms with van der Waals surface area (Å²) in [6.07, 6.45) is -6.21. The van der Waals surface area contributed by atoms with Gasteiger partial charge in [0.2, 0.25) is 17.8 Å². The maximum Gasteiger partial charge on any atom is 0.523 e. The lowest BCUT2D eigenvalue weighted by Gasteiger charge is -2.41. The van der Waals surface area contributed by atoms with Gasteiger partial charge in [0.25, 0.3) is 0 Å². The number of nitrogens with one attached hydrogen (secondary N) is 2. The Hall–Kier alpha value is -7.61. The number of ether oxygens (including phenoxy) is 3. The number of rotatable bonds is 18. The van der Waals surface area contributed by atoms with Gasteiger partial charge in [-0.25, -0.2) is 4.98 Å². The van der Waals surface area contributed by atoms with Crippen LogP contribution in [0.3, 0.4) is 0 Å². The van der Waals surface area contributed by atoms with E-state index in [1.165, 1.54) is 4.57 Å². The summed E-state index contributed by atoms with van der Waals surface area (Å²) in [4.78, 5) is 39.9. The molecule has 0 saturated carbocycles. The first-order valence-corrected chi connectivity index (χ1v) is 25.6. The van der Waals surface area contributed by atoms with Crippen LogP contribution in [0.4, 0.5) is 24.9 Å². The van der Waals surface area contributed by atoms with E-state index in [-0.39, 0.29) is 22.9 Å². The third-order valence-corrected chi connectivity index (χ3v) is 13.9. The highest BCUT2D eigenvalue weighted by molar-refractivity contribution is 7.87. The molecule has 3 heterocycles. The molecule has 1 fully saturated rings. The number of hydrogen-bond acceptors (Lipinski definition) is 11. The number of carbonyl (C=O) groups excluding carboxylic acids is 2. The second kappa shape index (κ2) is 21.7. The zero-order chi connectivity index (χ0) is 53.0. The van der Waals surface area contributed by atoms with Crippen molar-refractivity contribution in [1.29, 1.82) is 0 Å². The Bertz CT molecular complexity index is 3150. The number of benzene rings is 6. The minimum Gasteiger partial charge on any atom is -0.358 e. The van der Waals surface area contributed by atoms with Crippen molar-refractivity contribution < 1.29 is 49.6 Å². The van der Waals surface area contributed by atoms with Gasteiger partial charge in [0.1, 0.15) is 23.4 Å². The van der Waals surface area contributed by atoms with Gasteiger partial charge >= 0.3 is 15.6 Å². The first kappa shape index (κ1) is 52.3. The van der Waals surface area contributed by atoms with Crippen LogP contribution in [-0.2, 0) is 49.3 Å². The van der Waals surface area contributed by atoms with E-state index in [9.17, 15) is 31.2 Å². The van der Waals surface area contributed by atoms with Crippen molar-refractivity contribution in [3.05, 3.63) is 222 Å². The van der Waals surface area contributed by atoms with E-state index in [1.807, 2.05) is 91.0 Å². The Morgan fingerprint density at radius 2 is 1.00 bits per heavy atom. The number of nitrogens with zero attached hydrogens (tertiary/aromatic N) is 4. The van der Waals surface area contributed by atoms with Crippen molar-refractivity contribution in [2.75, 3.05) is 17.2 Å². The molecule has 18 heteroatoms. The predicted molar refractivity (Wildman–Crippen MR) is 275 cm³/mol. The van der Waals surface area contributed by atoms with Crippen LogP contribution in [0.1, 0.15) is 67.3 Å². The zero-order valence-electron chi connectivity index (χ0n) is 41.2. The molecule has 6 aromatic carbocycles. The molecule has 0 bridgehead atoms. The molecule has 1 aliphatic heterocycles. The standard InChI is InChI=1S/C57H53F3N6O8S/c1-37(2)51(67)62-49-46-50(64-54(63-49)65-52(68)38(3)4)66(36-61-46)53-48(74-75(69,70)57(58,59)60)47(73-56(42-29-17-8-18-30-42,43-31-19-9-20-32-43)44-33-21-10-22-34-44)45(72-53)35-71-55(39-23-11-5-12-24-39,40-25-13-6-14-26-40)41-27-15-7-16-28-41/h5-34,36-38,45,47-48,53H,35H2,1-4H3,(H2,62,63,64,65,67,68)/t45-,47-,48-,53-/m1/s1. The van der Waals surface area contributed by atoms with E-state index >= 15 is 0 Å². The molecule has 8 aromatic rings. The summed E-state index contributed by atoms with van der Waals surface area (Å²) in [7, 11) is -6.49. The lowest BCUT2D eigenvalue weighted by atomic mass is 9.79. The third kappa shape index (κ3) is 10.4. The molecule has 1 saturated heterocycles. The van der Waals surface area contributed by atoms with E-state index in [4.69, 9.17) is 18.4 Å². The molecule has 0 unspecified atom stereocenters. The van der Waals surface area contributed by atoms with Crippen molar-refractivity contribution in [3.8, 4) is 0 Å². The molecule has 9 rings (SSSR count). The van der Waals surface area contributed by atoms with Crippen LogP contribution in [0, 0.1) is 11.8 Å². The Balaban J connectivity index is 1.31. The van der Waals surface area contributed by atoms with Gasteiger partial charge in [-0.1, -0.05) is 210 Å². The molecule has 75 heavy (non-hydrogen) atoms. The van der Waals surface area contributed by atoms with Gasteiger partial charge in [0.05, 0.1) is 12.9 Å². The summed E-state index contributed by atoms with van der Waals surface area (Å²) < 4.78 is 101. The highest BCUT2D eigenvalue weighted by atomic mass is 32.2. The first-order valence-electron chi connectivity index (χ1n) is 24.2. The average molecular weight is 1040 g/mol. The Labute approximate surface area is 432 Å². The van der Waals surface area contributed by atoms with Crippen LogP contribution in [0.25, 0.3) is 11.2 Å². The molecule has 1 aliphatic rings. The van der Waals surface area contributed by atoms with Crippen molar-refractivity contribution in [1.82, 2.24) is 19.5 Å². The zero-order valence-corrected chi connectivity index (χ0v) is 42.0. The maximum atomic E-state index is 15.0. The van der Waals surface area contributed by atoms with E-state index in [2.05, 4.69) is 25.6 Å². The molecule has 386 valence electrons. The van der Waals surface area contributed by atoms with E-state index in [1.54, 1.807) is 119 Å². The molecule has 2 N–H and O–H groups in total. The Morgan fingerprint density at radius 3 is 1.40 bits per heavy atom. The monoisotopic (exact) mass is 1040 g/mol. The lowest BCUT2D eigenvalue weighted by Crippen LogP contribution is -2.48. The van der Waals surface area contributed by atoms with Crippen molar-refractivity contribution in [3.63, 3.8) is 0 Å². The van der Waals surface area contributed by atoms with E-state index in [0.29, 0.717) is 33.4 Å². The smallest absolute Gasteiger partial charge is 0.358 e. The van der Waals surface area contributed by atoms with Crippen LogP contribution in [-0.4, -0.2) is 70.2 Å². The first-order chi connectivity index (χ1) is 36.0. The highest BCUT2D eigenvalue weighted by Crippen LogP contribution is 2.49. The van der Waals surface area contributed by atoms with Crippen LogP contribution in [0.2, 0.25) is 0 Å².